The van der Waals surface area contributed by atoms with E-state index < -0.39 is 23.7 Å². The number of hydrogen-bond acceptors (Lipinski definition) is 5. The van der Waals surface area contributed by atoms with E-state index in [9.17, 15) is 14.7 Å². The van der Waals surface area contributed by atoms with Crippen molar-refractivity contribution in [3.05, 3.63) is 35.9 Å². The molecule has 6 heteroatoms. The van der Waals surface area contributed by atoms with Gasteiger partial charge in [0.05, 0.1) is 19.8 Å². The number of benzene rings is 1. The Kier molecular flexibility index (Phi) is 4.47. The van der Waals surface area contributed by atoms with Gasteiger partial charge in [0.15, 0.2) is 0 Å². The van der Waals surface area contributed by atoms with Crippen molar-refractivity contribution in [3.8, 4) is 0 Å². The zero-order chi connectivity index (χ0) is 15.5. The molecule has 1 aromatic rings. The van der Waals surface area contributed by atoms with E-state index in [1.54, 1.807) is 6.92 Å². The van der Waals surface area contributed by atoms with E-state index >= 15 is 0 Å². The van der Waals surface area contributed by atoms with E-state index in [-0.39, 0.29) is 19.6 Å². The Balaban J connectivity index is 2.05. The van der Waals surface area contributed by atoms with Gasteiger partial charge in [-0.3, -0.25) is 4.90 Å². The molecular formula is C15H19NO5. The summed E-state index contributed by atoms with van der Waals surface area (Å²) < 4.78 is 9.95. The van der Waals surface area contributed by atoms with Crippen LogP contribution in [0, 0.1) is 0 Å². The summed E-state index contributed by atoms with van der Waals surface area (Å²) in [4.78, 5) is 25.3. The Morgan fingerprint density at radius 2 is 2.05 bits per heavy atom. The topological polar surface area (TPSA) is 76.1 Å². The van der Waals surface area contributed by atoms with Gasteiger partial charge < -0.3 is 14.6 Å². The van der Waals surface area contributed by atoms with Crippen molar-refractivity contribution in [2.45, 2.75) is 31.6 Å². The van der Waals surface area contributed by atoms with Gasteiger partial charge in [0.25, 0.3) is 0 Å². The Hall–Kier alpha value is -2.08. The Morgan fingerprint density at radius 3 is 2.67 bits per heavy atom. The summed E-state index contributed by atoms with van der Waals surface area (Å²) in [5.41, 5.74) is -0.340. The van der Waals surface area contributed by atoms with Crippen molar-refractivity contribution in [1.29, 1.82) is 0 Å². The molecule has 0 spiro atoms. The lowest BCUT2D eigenvalue weighted by Crippen LogP contribution is -2.51. The number of amides is 1. The molecule has 0 aromatic heterocycles. The molecule has 114 valence electrons. The number of aliphatic hydroxyl groups excluding tert-OH is 1. The first-order valence-electron chi connectivity index (χ1n) is 6.72. The van der Waals surface area contributed by atoms with Gasteiger partial charge in [0.2, 0.25) is 0 Å². The fourth-order valence-electron chi connectivity index (χ4n) is 2.53. The van der Waals surface area contributed by atoms with E-state index in [0.29, 0.717) is 0 Å². The number of aliphatic hydroxyl groups is 1. The first kappa shape index (κ1) is 15.3. The molecule has 1 amide bonds. The largest absolute Gasteiger partial charge is 0.467 e. The van der Waals surface area contributed by atoms with Crippen LogP contribution in [0.3, 0.4) is 0 Å². The third kappa shape index (κ3) is 3.16. The number of likely N-dealkylation sites (tertiary alicyclic amines) is 1. The predicted molar refractivity (Wildman–Crippen MR) is 74.4 cm³/mol. The molecule has 1 N–H and O–H groups in total. The van der Waals surface area contributed by atoms with Crippen LogP contribution in [0.1, 0.15) is 18.9 Å². The quantitative estimate of drug-likeness (QED) is 0.851. The maximum atomic E-state index is 12.2. The summed E-state index contributed by atoms with van der Waals surface area (Å²) in [5, 5.41) is 9.76. The molecule has 0 bridgehead atoms. The highest BCUT2D eigenvalue weighted by Gasteiger charge is 2.51. The Morgan fingerprint density at radius 1 is 1.38 bits per heavy atom. The van der Waals surface area contributed by atoms with Crippen molar-refractivity contribution in [2.75, 3.05) is 13.7 Å². The molecule has 1 aromatic carbocycles. The van der Waals surface area contributed by atoms with Crippen molar-refractivity contribution in [3.63, 3.8) is 0 Å². The molecule has 0 radical (unpaired) electrons. The van der Waals surface area contributed by atoms with Crippen molar-refractivity contribution < 1.29 is 24.2 Å². The van der Waals surface area contributed by atoms with Gasteiger partial charge in [-0.15, -0.1) is 0 Å². The highest BCUT2D eigenvalue weighted by molar-refractivity contribution is 5.86. The van der Waals surface area contributed by atoms with Gasteiger partial charge in [0.1, 0.15) is 12.1 Å². The van der Waals surface area contributed by atoms with Gasteiger partial charge in [-0.2, -0.15) is 0 Å². The van der Waals surface area contributed by atoms with Crippen molar-refractivity contribution >= 4 is 12.1 Å². The van der Waals surface area contributed by atoms with Gasteiger partial charge >= 0.3 is 12.1 Å². The van der Waals surface area contributed by atoms with E-state index in [1.165, 1.54) is 12.0 Å². The number of carbonyl (C=O) groups excluding carboxylic acids is 2. The van der Waals surface area contributed by atoms with Gasteiger partial charge in [0, 0.05) is 6.42 Å². The van der Waals surface area contributed by atoms with E-state index in [4.69, 9.17) is 9.47 Å². The minimum absolute atomic E-state index is 0.0548. The molecular weight excluding hydrogens is 274 g/mol. The van der Waals surface area contributed by atoms with Crippen LogP contribution in [-0.4, -0.2) is 47.4 Å². The zero-order valence-corrected chi connectivity index (χ0v) is 12.1. The summed E-state index contributed by atoms with van der Waals surface area (Å²) in [5.74, 6) is -0.560. The fraction of sp³-hybridized carbons (Fsp3) is 0.467. The van der Waals surface area contributed by atoms with E-state index in [0.717, 1.165) is 5.56 Å². The van der Waals surface area contributed by atoms with Crippen LogP contribution in [0.15, 0.2) is 30.3 Å². The molecule has 6 nitrogen and oxygen atoms in total. The predicted octanol–water partition coefficient (Wildman–Crippen LogP) is 1.32. The number of nitrogens with zero attached hydrogens (tertiary/aromatic N) is 1. The lowest BCUT2D eigenvalue weighted by atomic mass is 9.99. The highest BCUT2D eigenvalue weighted by Crippen LogP contribution is 2.31. The molecule has 1 aliphatic heterocycles. The molecule has 1 unspecified atom stereocenters. The minimum Gasteiger partial charge on any atom is -0.467 e. The van der Waals surface area contributed by atoms with Gasteiger partial charge in [-0.1, -0.05) is 30.3 Å². The molecule has 1 aliphatic rings. The van der Waals surface area contributed by atoms with Crippen molar-refractivity contribution in [1.82, 2.24) is 4.90 Å². The molecule has 21 heavy (non-hydrogen) atoms. The SMILES string of the molecule is COC(=O)[C@]1(C)CC(O)CN1C(=O)OCc1ccccc1. The molecule has 0 saturated carbocycles. The van der Waals surface area contributed by atoms with Crippen LogP contribution in [0.2, 0.25) is 0 Å². The number of ether oxygens (including phenoxy) is 2. The number of β-amino-alcohol motifs (C(OH)–C–C–N with tert-alkyl or cyclic N) is 1. The zero-order valence-electron chi connectivity index (χ0n) is 12.1. The normalized spacial score (nSPS) is 24.7. The van der Waals surface area contributed by atoms with Gasteiger partial charge in [-0.05, 0) is 12.5 Å². The molecule has 2 atom stereocenters. The Labute approximate surface area is 123 Å². The molecule has 1 fully saturated rings. The average molecular weight is 293 g/mol. The number of carbonyl (C=O) groups is 2. The summed E-state index contributed by atoms with van der Waals surface area (Å²) in [6, 6.07) is 9.25. The summed E-state index contributed by atoms with van der Waals surface area (Å²) >= 11 is 0. The smallest absolute Gasteiger partial charge is 0.411 e. The standard InChI is InChI=1S/C15H19NO5/c1-15(13(18)20-2)8-12(17)9-16(15)14(19)21-10-11-6-4-3-5-7-11/h3-7,12,17H,8-10H2,1-2H3/t12?,15-/m0/s1. The Bertz CT molecular complexity index is 518. The molecule has 1 heterocycles. The molecule has 1 saturated heterocycles. The van der Waals surface area contributed by atoms with Crippen LogP contribution < -0.4 is 0 Å². The number of hydrogen-bond donors (Lipinski definition) is 1. The third-order valence-electron chi connectivity index (χ3n) is 3.67. The first-order valence-corrected chi connectivity index (χ1v) is 6.72. The van der Waals surface area contributed by atoms with Crippen molar-refractivity contribution in [2.24, 2.45) is 0 Å². The second kappa shape index (κ2) is 6.13. The lowest BCUT2D eigenvalue weighted by Gasteiger charge is -2.31. The summed E-state index contributed by atoms with van der Waals surface area (Å²) in [6.45, 7) is 1.74. The van der Waals surface area contributed by atoms with Crippen LogP contribution in [0.4, 0.5) is 4.79 Å². The number of rotatable bonds is 3. The number of esters is 1. The van der Waals surface area contributed by atoms with E-state index in [1.807, 2.05) is 30.3 Å². The fourth-order valence-corrected chi connectivity index (χ4v) is 2.53. The maximum Gasteiger partial charge on any atom is 0.411 e. The van der Waals surface area contributed by atoms with E-state index in [2.05, 4.69) is 0 Å². The first-order chi connectivity index (χ1) is 9.97. The monoisotopic (exact) mass is 293 g/mol. The number of methoxy groups -OCH3 is 1. The lowest BCUT2D eigenvalue weighted by molar-refractivity contribution is -0.151. The van der Waals surface area contributed by atoms with Crippen LogP contribution in [-0.2, 0) is 20.9 Å². The van der Waals surface area contributed by atoms with Crippen LogP contribution in [0.25, 0.3) is 0 Å². The summed E-state index contributed by atoms with van der Waals surface area (Å²) in [7, 11) is 1.26. The van der Waals surface area contributed by atoms with Gasteiger partial charge in [-0.25, -0.2) is 9.59 Å². The second-order valence-corrected chi connectivity index (χ2v) is 5.27. The second-order valence-electron chi connectivity index (χ2n) is 5.27. The third-order valence-corrected chi connectivity index (χ3v) is 3.67. The van der Waals surface area contributed by atoms with Crippen LogP contribution in [0.5, 0.6) is 0 Å². The summed E-state index contributed by atoms with van der Waals surface area (Å²) in [6.07, 6.45) is -1.26. The maximum absolute atomic E-state index is 12.2. The molecule has 0 aliphatic carbocycles. The van der Waals surface area contributed by atoms with Crippen LogP contribution >= 0.6 is 0 Å². The highest BCUT2D eigenvalue weighted by atomic mass is 16.6. The minimum atomic E-state index is -1.19. The molecule has 2 rings (SSSR count). The average Bonchev–Trinajstić information content (AvgIpc) is 2.81.